The smallest absolute Gasteiger partial charge is 0.283 e. The van der Waals surface area contributed by atoms with Gasteiger partial charge in [-0.2, -0.15) is 0 Å². The number of nitrogen functional groups attached to an aromatic ring is 1. The van der Waals surface area contributed by atoms with E-state index in [1.54, 1.807) is 30.5 Å². The quantitative estimate of drug-likeness (QED) is 0.381. The van der Waals surface area contributed by atoms with Crippen LogP contribution in [0.2, 0.25) is 0 Å². The molecule has 2 heterocycles. The van der Waals surface area contributed by atoms with Crippen molar-refractivity contribution in [1.29, 1.82) is 0 Å². The van der Waals surface area contributed by atoms with E-state index in [-0.39, 0.29) is 5.69 Å². The fraction of sp³-hybridized carbons (Fsp3) is 0. The molecule has 0 aliphatic rings. The Kier molecular flexibility index (Phi) is 2.08. The van der Waals surface area contributed by atoms with Crippen LogP contribution in [-0.4, -0.2) is 15.9 Å². The second kappa shape index (κ2) is 3.39. The topological polar surface area (TPSA) is 80.9 Å². The maximum atomic E-state index is 11.1. The Bertz CT molecular complexity index is 483. The number of hydrogen-bond donors (Lipinski definition) is 2. The van der Waals surface area contributed by atoms with Gasteiger partial charge in [0.25, 0.3) is 5.91 Å². The van der Waals surface area contributed by atoms with Crippen molar-refractivity contribution >= 4 is 16.9 Å². The molecule has 5 heteroatoms. The second-order valence-corrected chi connectivity index (χ2v) is 2.71. The molecule has 2 aromatic rings. The SMILES string of the molecule is NNC(=O)c1ccc2ncccc2n1. The highest BCUT2D eigenvalue weighted by Gasteiger charge is 2.05. The van der Waals surface area contributed by atoms with Gasteiger partial charge in [-0.1, -0.05) is 0 Å². The van der Waals surface area contributed by atoms with Gasteiger partial charge in [0.05, 0.1) is 11.0 Å². The standard InChI is InChI=1S/C9H8N4O/c10-13-9(14)8-4-3-6-7(12-8)2-1-5-11-6/h1-5H,10H2,(H,13,14). The third-order valence-corrected chi connectivity index (χ3v) is 1.82. The molecule has 0 fully saturated rings. The monoisotopic (exact) mass is 188 g/mol. The Morgan fingerprint density at radius 2 is 2.14 bits per heavy atom. The summed E-state index contributed by atoms with van der Waals surface area (Å²) in [6.45, 7) is 0. The summed E-state index contributed by atoms with van der Waals surface area (Å²) >= 11 is 0. The minimum atomic E-state index is -0.407. The molecule has 0 bridgehead atoms. The van der Waals surface area contributed by atoms with Crippen molar-refractivity contribution < 1.29 is 4.79 Å². The molecule has 0 radical (unpaired) electrons. The molecule has 14 heavy (non-hydrogen) atoms. The summed E-state index contributed by atoms with van der Waals surface area (Å²) in [6.07, 6.45) is 1.67. The Morgan fingerprint density at radius 3 is 2.93 bits per heavy atom. The first-order valence-corrected chi connectivity index (χ1v) is 4.04. The lowest BCUT2D eigenvalue weighted by atomic mass is 10.3. The molecular weight excluding hydrogens is 180 g/mol. The number of pyridine rings is 2. The molecule has 5 nitrogen and oxygen atoms in total. The number of nitrogens with two attached hydrogens (primary N) is 1. The number of nitrogens with zero attached hydrogens (tertiary/aromatic N) is 2. The molecule has 2 rings (SSSR count). The molecule has 2 aromatic heterocycles. The van der Waals surface area contributed by atoms with Crippen molar-refractivity contribution in [3.05, 3.63) is 36.2 Å². The first-order chi connectivity index (χ1) is 6.81. The van der Waals surface area contributed by atoms with Crippen LogP contribution in [0.4, 0.5) is 0 Å². The van der Waals surface area contributed by atoms with Gasteiger partial charge >= 0.3 is 0 Å². The lowest BCUT2D eigenvalue weighted by molar-refractivity contribution is 0.0949. The van der Waals surface area contributed by atoms with E-state index >= 15 is 0 Å². The predicted molar refractivity (Wildman–Crippen MR) is 51.2 cm³/mol. The van der Waals surface area contributed by atoms with E-state index in [0.717, 1.165) is 5.52 Å². The van der Waals surface area contributed by atoms with E-state index in [1.165, 1.54) is 0 Å². The fourth-order valence-corrected chi connectivity index (χ4v) is 1.16. The molecule has 0 saturated carbocycles. The van der Waals surface area contributed by atoms with Crippen LogP contribution in [0.1, 0.15) is 10.5 Å². The van der Waals surface area contributed by atoms with Gasteiger partial charge in [-0.05, 0) is 24.3 Å². The summed E-state index contributed by atoms with van der Waals surface area (Å²) < 4.78 is 0. The van der Waals surface area contributed by atoms with Gasteiger partial charge in [0, 0.05) is 6.20 Å². The number of aromatic nitrogens is 2. The number of hydrazine groups is 1. The van der Waals surface area contributed by atoms with Crippen molar-refractivity contribution in [1.82, 2.24) is 15.4 Å². The van der Waals surface area contributed by atoms with E-state index in [0.29, 0.717) is 5.52 Å². The molecule has 0 aromatic carbocycles. The largest absolute Gasteiger partial charge is 0.289 e. The molecule has 0 spiro atoms. The highest BCUT2D eigenvalue weighted by Crippen LogP contribution is 2.08. The maximum Gasteiger partial charge on any atom is 0.283 e. The average Bonchev–Trinajstić information content (AvgIpc) is 2.27. The van der Waals surface area contributed by atoms with Gasteiger partial charge in [-0.15, -0.1) is 0 Å². The van der Waals surface area contributed by atoms with E-state index in [1.807, 2.05) is 5.43 Å². The van der Waals surface area contributed by atoms with Crippen LogP contribution in [0.3, 0.4) is 0 Å². The first kappa shape index (κ1) is 8.58. The van der Waals surface area contributed by atoms with Crippen LogP contribution in [0, 0.1) is 0 Å². The van der Waals surface area contributed by atoms with Crippen LogP contribution >= 0.6 is 0 Å². The Balaban J connectivity index is 2.56. The average molecular weight is 188 g/mol. The minimum Gasteiger partial charge on any atom is -0.289 e. The Morgan fingerprint density at radius 1 is 1.29 bits per heavy atom. The number of carbonyl (C=O) groups excluding carboxylic acids is 1. The van der Waals surface area contributed by atoms with Crippen molar-refractivity contribution in [2.75, 3.05) is 0 Å². The molecule has 70 valence electrons. The molecule has 0 unspecified atom stereocenters. The molecular formula is C9H8N4O. The molecule has 1 amide bonds. The number of nitrogens with one attached hydrogen (secondary N) is 1. The normalized spacial score (nSPS) is 10.1. The van der Waals surface area contributed by atoms with Gasteiger partial charge in [0.15, 0.2) is 0 Å². The molecule has 0 saturated heterocycles. The van der Waals surface area contributed by atoms with Crippen molar-refractivity contribution in [3.8, 4) is 0 Å². The zero-order valence-corrected chi connectivity index (χ0v) is 7.27. The summed E-state index contributed by atoms with van der Waals surface area (Å²) in [5, 5.41) is 0. The summed E-state index contributed by atoms with van der Waals surface area (Å²) in [6, 6.07) is 6.86. The van der Waals surface area contributed by atoms with Gasteiger partial charge in [-0.25, -0.2) is 10.8 Å². The molecule has 0 atom stereocenters. The lowest BCUT2D eigenvalue weighted by Crippen LogP contribution is -2.30. The first-order valence-electron chi connectivity index (χ1n) is 4.04. The summed E-state index contributed by atoms with van der Waals surface area (Å²) in [5.41, 5.74) is 3.73. The number of amides is 1. The van der Waals surface area contributed by atoms with E-state index in [4.69, 9.17) is 5.84 Å². The summed E-state index contributed by atoms with van der Waals surface area (Å²) in [7, 11) is 0. The Labute approximate surface area is 79.9 Å². The van der Waals surface area contributed by atoms with Crippen LogP contribution < -0.4 is 11.3 Å². The lowest BCUT2D eigenvalue weighted by Gasteiger charge is -1.99. The van der Waals surface area contributed by atoms with Gasteiger partial charge < -0.3 is 0 Å². The van der Waals surface area contributed by atoms with E-state index in [9.17, 15) is 4.79 Å². The molecule has 3 N–H and O–H groups in total. The summed E-state index contributed by atoms with van der Waals surface area (Å²) in [5.74, 6) is 4.59. The zero-order valence-electron chi connectivity index (χ0n) is 7.27. The Hall–Kier alpha value is -2.01. The fourth-order valence-electron chi connectivity index (χ4n) is 1.16. The zero-order chi connectivity index (χ0) is 9.97. The number of carbonyl (C=O) groups is 1. The summed E-state index contributed by atoms with van der Waals surface area (Å²) in [4.78, 5) is 19.3. The van der Waals surface area contributed by atoms with Gasteiger partial charge in [0.1, 0.15) is 5.69 Å². The van der Waals surface area contributed by atoms with Gasteiger partial charge in [0.2, 0.25) is 0 Å². The number of rotatable bonds is 1. The highest BCUT2D eigenvalue weighted by atomic mass is 16.2. The second-order valence-electron chi connectivity index (χ2n) is 2.71. The number of fused-ring (bicyclic) bond motifs is 1. The van der Waals surface area contributed by atoms with Crippen molar-refractivity contribution in [2.24, 2.45) is 5.84 Å². The maximum absolute atomic E-state index is 11.1. The van der Waals surface area contributed by atoms with Crippen molar-refractivity contribution in [2.45, 2.75) is 0 Å². The number of hydrogen-bond acceptors (Lipinski definition) is 4. The van der Waals surface area contributed by atoms with Gasteiger partial charge in [-0.3, -0.25) is 15.2 Å². The van der Waals surface area contributed by atoms with E-state index in [2.05, 4.69) is 9.97 Å². The van der Waals surface area contributed by atoms with Crippen molar-refractivity contribution in [3.63, 3.8) is 0 Å². The third-order valence-electron chi connectivity index (χ3n) is 1.82. The third kappa shape index (κ3) is 1.40. The molecule has 0 aliphatic heterocycles. The minimum absolute atomic E-state index is 0.285. The van der Waals surface area contributed by atoms with Crippen LogP contribution in [0.5, 0.6) is 0 Å². The molecule has 0 aliphatic carbocycles. The van der Waals surface area contributed by atoms with Crippen LogP contribution in [0.25, 0.3) is 11.0 Å². The van der Waals surface area contributed by atoms with Crippen LogP contribution in [-0.2, 0) is 0 Å². The van der Waals surface area contributed by atoms with E-state index < -0.39 is 5.91 Å². The predicted octanol–water partition coefficient (Wildman–Crippen LogP) is 0.233. The van der Waals surface area contributed by atoms with Crippen LogP contribution in [0.15, 0.2) is 30.5 Å². The highest BCUT2D eigenvalue weighted by molar-refractivity contribution is 5.93.